The van der Waals surface area contributed by atoms with E-state index in [2.05, 4.69) is 38.2 Å². The van der Waals surface area contributed by atoms with Crippen LogP contribution < -0.4 is 5.32 Å². The van der Waals surface area contributed by atoms with Crippen molar-refractivity contribution >= 4 is 11.7 Å². The van der Waals surface area contributed by atoms with Crippen molar-refractivity contribution in [3.63, 3.8) is 0 Å². The molecule has 0 aliphatic heterocycles. The molecule has 0 saturated heterocycles. The molecule has 1 fully saturated rings. The number of rotatable bonds is 7. The number of aliphatic carboxylic acids is 1. The Balaban J connectivity index is 1.94. The van der Waals surface area contributed by atoms with Crippen LogP contribution in [-0.4, -0.2) is 22.7 Å². The van der Waals surface area contributed by atoms with Crippen LogP contribution in [0.2, 0.25) is 0 Å². The Kier molecular flexibility index (Phi) is 6.05. The molecule has 0 spiro atoms. The van der Waals surface area contributed by atoms with Gasteiger partial charge in [-0.25, -0.2) is 0 Å². The van der Waals surface area contributed by atoms with Crippen LogP contribution in [0.1, 0.15) is 58.4 Å². The smallest absolute Gasteiger partial charge is 0.306 e. The van der Waals surface area contributed by atoms with Crippen LogP contribution >= 0.6 is 0 Å². The maximum absolute atomic E-state index is 11.0. The van der Waals surface area contributed by atoms with E-state index in [4.69, 9.17) is 9.84 Å². The third-order valence-electron chi connectivity index (χ3n) is 4.92. The molecule has 2 N–H and O–H groups in total. The monoisotopic (exact) mass is 319 g/mol. The first-order valence-electron chi connectivity index (χ1n) is 8.62. The molecule has 4 heteroatoms. The van der Waals surface area contributed by atoms with E-state index >= 15 is 0 Å². The number of carboxylic acid groups (broad SMARTS) is 1. The average molecular weight is 319 g/mol. The lowest BCUT2D eigenvalue weighted by Crippen LogP contribution is -2.29. The summed E-state index contributed by atoms with van der Waals surface area (Å²) >= 11 is 0. The molecule has 1 aromatic carbocycles. The molecule has 1 aliphatic rings. The van der Waals surface area contributed by atoms with E-state index < -0.39 is 5.97 Å². The van der Waals surface area contributed by atoms with Crippen LogP contribution in [0.3, 0.4) is 0 Å². The Labute approximate surface area is 139 Å². The summed E-state index contributed by atoms with van der Waals surface area (Å²) in [5.74, 6) is -0.823. The first kappa shape index (κ1) is 17.8. The number of carboxylic acids is 1. The van der Waals surface area contributed by atoms with E-state index in [1.807, 2.05) is 12.1 Å². The van der Waals surface area contributed by atoms with Gasteiger partial charge in [0.25, 0.3) is 0 Å². The van der Waals surface area contributed by atoms with Gasteiger partial charge in [-0.3, -0.25) is 4.79 Å². The number of nitrogens with one attached hydrogen (secondary N) is 1. The number of anilines is 1. The van der Waals surface area contributed by atoms with Gasteiger partial charge in [-0.05, 0) is 52.0 Å². The van der Waals surface area contributed by atoms with Crippen molar-refractivity contribution in [2.45, 2.75) is 71.1 Å². The van der Waals surface area contributed by atoms with Crippen LogP contribution in [0.25, 0.3) is 0 Å². The highest BCUT2D eigenvalue weighted by Crippen LogP contribution is 2.28. The topological polar surface area (TPSA) is 58.6 Å². The lowest BCUT2D eigenvalue weighted by molar-refractivity contribution is -0.142. The molecule has 0 bridgehead atoms. The summed E-state index contributed by atoms with van der Waals surface area (Å²) < 4.78 is 6.03. The summed E-state index contributed by atoms with van der Waals surface area (Å²) in [4.78, 5) is 11.0. The van der Waals surface area contributed by atoms with Gasteiger partial charge < -0.3 is 15.2 Å². The average Bonchev–Trinajstić information content (AvgIpc) is 2.54. The summed E-state index contributed by atoms with van der Waals surface area (Å²) in [5, 5.41) is 12.7. The molecule has 23 heavy (non-hydrogen) atoms. The number of hydrogen-bond acceptors (Lipinski definition) is 3. The van der Waals surface area contributed by atoms with E-state index in [1.165, 1.54) is 0 Å². The van der Waals surface area contributed by atoms with Crippen LogP contribution in [-0.2, 0) is 16.1 Å². The van der Waals surface area contributed by atoms with E-state index in [-0.39, 0.29) is 11.5 Å². The van der Waals surface area contributed by atoms with Gasteiger partial charge in [-0.15, -0.1) is 0 Å². The summed E-state index contributed by atoms with van der Waals surface area (Å²) in [6, 6.07) is 8.59. The Bertz CT molecular complexity index is 519. The normalized spacial score (nSPS) is 21.9. The molecule has 0 heterocycles. The molecule has 1 saturated carbocycles. The second kappa shape index (κ2) is 7.82. The van der Waals surface area contributed by atoms with Gasteiger partial charge >= 0.3 is 5.97 Å². The predicted molar refractivity (Wildman–Crippen MR) is 92.6 cm³/mol. The molecule has 0 atom stereocenters. The highest BCUT2D eigenvalue weighted by molar-refractivity contribution is 5.70. The highest BCUT2D eigenvalue weighted by atomic mass is 16.5. The van der Waals surface area contributed by atoms with Crippen LogP contribution in [0.5, 0.6) is 0 Å². The van der Waals surface area contributed by atoms with E-state index in [0.717, 1.165) is 43.4 Å². The van der Waals surface area contributed by atoms with Gasteiger partial charge in [-0.1, -0.05) is 25.1 Å². The van der Waals surface area contributed by atoms with Crippen molar-refractivity contribution in [1.29, 1.82) is 0 Å². The molecule has 128 valence electrons. The SMILES string of the molecule is CCC(C)(C)OCc1ccccc1NC1CCC(C(=O)O)CC1. The fourth-order valence-corrected chi connectivity index (χ4v) is 2.87. The minimum atomic E-state index is -0.654. The maximum Gasteiger partial charge on any atom is 0.306 e. The largest absolute Gasteiger partial charge is 0.481 e. The van der Waals surface area contributed by atoms with Gasteiger partial charge in [-0.2, -0.15) is 0 Å². The molecular weight excluding hydrogens is 290 g/mol. The first-order chi connectivity index (χ1) is 10.9. The molecule has 1 aromatic rings. The van der Waals surface area contributed by atoms with E-state index in [9.17, 15) is 4.79 Å². The number of ether oxygens (including phenoxy) is 1. The Hall–Kier alpha value is -1.55. The number of para-hydroxylation sites is 1. The third kappa shape index (κ3) is 5.24. The molecule has 4 nitrogen and oxygen atoms in total. The van der Waals surface area contributed by atoms with Crippen LogP contribution in [0, 0.1) is 5.92 Å². The number of hydrogen-bond donors (Lipinski definition) is 2. The van der Waals surface area contributed by atoms with Crippen molar-refractivity contribution in [2.24, 2.45) is 5.92 Å². The summed E-state index contributed by atoms with van der Waals surface area (Å²) in [6.45, 7) is 6.94. The van der Waals surface area contributed by atoms with Gasteiger partial charge in [0, 0.05) is 17.3 Å². The van der Waals surface area contributed by atoms with Crippen molar-refractivity contribution in [2.75, 3.05) is 5.32 Å². The Morgan fingerprint density at radius 2 is 1.91 bits per heavy atom. The van der Waals surface area contributed by atoms with Crippen molar-refractivity contribution in [3.05, 3.63) is 29.8 Å². The molecule has 1 aliphatic carbocycles. The molecule has 0 unspecified atom stereocenters. The summed E-state index contributed by atoms with van der Waals surface area (Å²) in [5.41, 5.74) is 2.15. The molecule has 0 radical (unpaired) electrons. The lowest BCUT2D eigenvalue weighted by atomic mass is 9.86. The predicted octanol–water partition coefficient (Wildman–Crippen LogP) is 4.45. The number of carbonyl (C=O) groups is 1. The fraction of sp³-hybridized carbons (Fsp3) is 0.632. The second-order valence-electron chi connectivity index (χ2n) is 7.09. The molecule has 2 rings (SSSR count). The van der Waals surface area contributed by atoms with Gasteiger partial charge in [0.05, 0.1) is 18.1 Å². The Morgan fingerprint density at radius 3 is 2.52 bits per heavy atom. The zero-order valence-corrected chi connectivity index (χ0v) is 14.5. The molecule has 0 amide bonds. The van der Waals surface area contributed by atoms with Crippen molar-refractivity contribution in [3.8, 4) is 0 Å². The van der Waals surface area contributed by atoms with E-state index in [1.54, 1.807) is 0 Å². The minimum Gasteiger partial charge on any atom is -0.481 e. The Morgan fingerprint density at radius 1 is 1.26 bits per heavy atom. The highest BCUT2D eigenvalue weighted by Gasteiger charge is 2.26. The maximum atomic E-state index is 11.0. The fourth-order valence-electron chi connectivity index (χ4n) is 2.87. The second-order valence-corrected chi connectivity index (χ2v) is 7.09. The van der Waals surface area contributed by atoms with Crippen molar-refractivity contribution in [1.82, 2.24) is 0 Å². The summed E-state index contributed by atoms with van der Waals surface area (Å²) in [6.07, 6.45) is 4.31. The third-order valence-corrected chi connectivity index (χ3v) is 4.92. The molecule has 0 aromatic heterocycles. The lowest BCUT2D eigenvalue weighted by Gasteiger charge is -2.29. The summed E-state index contributed by atoms with van der Waals surface area (Å²) in [7, 11) is 0. The zero-order valence-electron chi connectivity index (χ0n) is 14.5. The van der Waals surface area contributed by atoms with Crippen LogP contribution in [0.4, 0.5) is 5.69 Å². The van der Waals surface area contributed by atoms with Crippen molar-refractivity contribution < 1.29 is 14.6 Å². The van der Waals surface area contributed by atoms with Gasteiger partial charge in [0.1, 0.15) is 0 Å². The van der Waals surface area contributed by atoms with Gasteiger partial charge in [0.15, 0.2) is 0 Å². The minimum absolute atomic E-state index is 0.118. The zero-order chi connectivity index (χ0) is 16.9. The molecular formula is C19H29NO3. The van der Waals surface area contributed by atoms with Gasteiger partial charge in [0.2, 0.25) is 0 Å². The number of benzene rings is 1. The van der Waals surface area contributed by atoms with Crippen LogP contribution in [0.15, 0.2) is 24.3 Å². The van der Waals surface area contributed by atoms with E-state index in [0.29, 0.717) is 12.6 Å². The quantitative estimate of drug-likeness (QED) is 0.779. The first-order valence-corrected chi connectivity index (χ1v) is 8.62. The standard InChI is InChI=1S/C19H29NO3/c1-4-19(2,3)23-13-15-7-5-6-8-17(15)20-16-11-9-14(10-12-16)18(21)22/h5-8,14,16,20H,4,9-13H2,1-3H3,(H,21,22).